The molecule has 1 aromatic rings. The molecule has 5 nitrogen and oxygen atoms in total. The highest BCUT2D eigenvalue weighted by molar-refractivity contribution is 7.09. The summed E-state index contributed by atoms with van der Waals surface area (Å²) < 4.78 is 43.7. The molecule has 1 aromatic heterocycles. The highest BCUT2D eigenvalue weighted by Gasteiger charge is 2.53. The molecule has 3 aliphatic heterocycles. The van der Waals surface area contributed by atoms with Crippen LogP contribution in [0.4, 0.5) is 13.2 Å². The molecule has 138 valence electrons. The van der Waals surface area contributed by atoms with Gasteiger partial charge in [-0.3, -0.25) is 4.99 Å². The number of guanidine groups is 1. The lowest BCUT2D eigenvalue weighted by atomic mass is 9.82. The number of likely N-dealkylation sites (tertiary alicyclic amines) is 1. The van der Waals surface area contributed by atoms with E-state index in [9.17, 15) is 13.2 Å². The summed E-state index contributed by atoms with van der Waals surface area (Å²) >= 11 is 1.05. The number of aliphatic imine (C=N–C) groups is 1. The Balaban J connectivity index is 1.29. The third-order valence-corrected chi connectivity index (χ3v) is 6.34. The van der Waals surface area contributed by atoms with Crippen molar-refractivity contribution in [2.75, 3.05) is 26.7 Å². The van der Waals surface area contributed by atoms with Crippen LogP contribution in [0.1, 0.15) is 23.5 Å². The second-order valence-electron chi connectivity index (χ2n) is 6.87. The normalized spacial score (nSPS) is 31.7. The van der Waals surface area contributed by atoms with Gasteiger partial charge in [-0.05, 0) is 12.8 Å². The van der Waals surface area contributed by atoms with Gasteiger partial charge in [-0.25, -0.2) is 4.98 Å². The van der Waals surface area contributed by atoms with Crippen LogP contribution in [-0.4, -0.2) is 54.7 Å². The van der Waals surface area contributed by atoms with Crippen LogP contribution in [0.2, 0.25) is 0 Å². The Morgan fingerprint density at radius 2 is 2.04 bits per heavy atom. The largest absolute Gasteiger partial charge is 0.434 e. The number of nitrogens with zero attached hydrogens (tertiary/aromatic N) is 3. The average molecular weight is 374 g/mol. The zero-order valence-electron chi connectivity index (χ0n) is 13.9. The van der Waals surface area contributed by atoms with E-state index in [2.05, 4.69) is 20.2 Å². The maximum absolute atomic E-state index is 12.6. The van der Waals surface area contributed by atoms with Crippen molar-refractivity contribution >= 4 is 17.3 Å². The summed E-state index contributed by atoms with van der Waals surface area (Å²) in [5, 5.41) is 4.82. The van der Waals surface area contributed by atoms with Crippen LogP contribution in [0.15, 0.2) is 10.4 Å². The van der Waals surface area contributed by atoms with Gasteiger partial charge in [0.1, 0.15) is 0 Å². The van der Waals surface area contributed by atoms with Gasteiger partial charge in [0.25, 0.3) is 0 Å². The van der Waals surface area contributed by atoms with E-state index in [1.807, 2.05) is 0 Å². The third kappa shape index (κ3) is 3.23. The van der Waals surface area contributed by atoms with Gasteiger partial charge in [0.05, 0.1) is 17.2 Å². The van der Waals surface area contributed by atoms with E-state index in [-0.39, 0.29) is 0 Å². The molecule has 3 fully saturated rings. The molecule has 4 atom stereocenters. The standard InChI is InChI=1S/C16H21F3N4OS/c1-20-15(21-5-4-14-22-13(8-25-14)16(17,18)19)23-6-9-10(7-23)12-3-2-11(9)24-12/h8-12H,2-7H2,1H3,(H,20,21). The lowest BCUT2D eigenvalue weighted by Gasteiger charge is -2.23. The summed E-state index contributed by atoms with van der Waals surface area (Å²) in [4.78, 5) is 10.3. The van der Waals surface area contributed by atoms with Crippen LogP contribution in [0.5, 0.6) is 0 Å². The molecule has 4 unspecified atom stereocenters. The lowest BCUT2D eigenvalue weighted by Crippen LogP contribution is -2.42. The van der Waals surface area contributed by atoms with Gasteiger partial charge in [-0.15, -0.1) is 11.3 Å². The number of hydrogen-bond acceptors (Lipinski definition) is 4. The zero-order chi connectivity index (χ0) is 17.6. The molecule has 3 aliphatic rings. The Bertz CT molecular complexity index is 644. The van der Waals surface area contributed by atoms with Crippen molar-refractivity contribution < 1.29 is 17.9 Å². The van der Waals surface area contributed by atoms with Gasteiger partial charge < -0.3 is 15.0 Å². The highest BCUT2D eigenvalue weighted by Crippen LogP contribution is 2.47. The fraction of sp³-hybridized carbons (Fsp3) is 0.750. The fourth-order valence-electron chi connectivity index (χ4n) is 4.30. The maximum Gasteiger partial charge on any atom is 0.434 e. The Labute approximate surface area is 148 Å². The monoisotopic (exact) mass is 374 g/mol. The fourth-order valence-corrected chi connectivity index (χ4v) is 5.11. The van der Waals surface area contributed by atoms with Crippen LogP contribution in [0.3, 0.4) is 0 Å². The number of alkyl halides is 3. The van der Waals surface area contributed by atoms with Crippen molar-refractivity contribution in [2.24, 2.45) is 16.8 Å². The quantitative estimate of drug-likeness (QED) is 0.652. The molecule has 1 N–H and O–H groups in total. The van der Waals surface area contributed by atoms with Crippen molar-refractivity contribution in [1.29, 1.82) is 0 Å². The Morgan fingerprint density at radius 1 is 1.36 bits per heavy atom. The zero-order valence-corrected chi connectivity index (χ0v) is 14.7. The molecule has 0 radical (unpaired) electrons. The van der Waals surface area contributed by atoms with E-state index in [4.69, 9.17) is 4.74 Å². The first-order valence-electron chi connectivity index (χ1n) is 8.58. The summed E-state index contributed by atoms with van der Waals surface area (Å²) in [5.41, 5.74) is -0.806. The summed E-state index contributed by atoms with van der Waals surface area (Å²) in [6, 6.07) is 0. The van der Waals surface area contributed by atoms with Gasteiger partial charge in [0.2, 0.25) is 0 Å². The number of rotatable bonds is 3. The van der Waals surface area contributed by atoms with E-state index in [1.54, 1.807) is 7.05 Å². The van der Waals surface area contributed by atoms with Crippen molar-refractivity contribution in [3.8, 4) is 0 Å². The minimum Gasteiger partial charge on any atom is -0.374 e. The number of halogens is 3. The van der Waals surface area contributed by atoms with Crippen LogP contribution in [0, 0.1) is 11.8 Å². The van der Waals surface area contributed by atoms with E-state index in [0.29, 0.717) is 42.0 Å². The number of ether oxygens (including phenoxy) is 1. The number of aromatic nitrogens is 1. The highest BCUT2D eigenvalue weighted by atomic mass is 32.1. The first-order chi connectivity index (χ1) is 12.0. The van der Waals surface area contributed by atoms with E-state index >= 15 is 0 Å². The predicted octanol–water partition coefficient (Wildman–Crippen LogP) is 2.39. The number of nitrogens with one attached hydrogen (secondary N) is 1. The van der Waals surface area contributed by atoms with Crippen LogP contribution in [0.25, 0.3) is 0 Å². The Kier molecular flexibility index (Phi) is 4.39. The van der Waals surface area contributed by atoms with E-state index < -0.39 is 11.9 Å². The second kappa shape index (κ2) is 6.42. The molecule has 0 amide bonds. The van der Waals surface area contributed by atoms with E-state index in [0.717, 1.165) is 48.6 Å². The van der Waals surface area contributed by atoms with Crippen LogP contribution >= 0.6 is 11.3 Å². The van der Waals surface area contributed by atoms with Crippen LogP contribution < -0.4 is 5.32 Å². The molecular formula is C16H21F3N4OS. The van der Waals surface area contributed by atoms with Gasteiger partial charge >= 0.3 is 6.18 Å². The van der Waals surface area contributed by atoms with Gasteiger partial charge in [0.15, 0.2) is 11.7 Å². The third-order valence-electron chi connectivity index (χ3n) is 5.43. The molecule has 4 heterocycles. The molecule has 9 heteroatoms. The second-order valence-corrected chi connectivity index (χ2v) is 7.81. The first-order valence-corrected chi connectivity index (χ1v) is 9.46. The molecule has 0 spiro atoms. The molecule has 25 heavy (non-hydrogen) atoms. The SMILES string of the molecule is CN=C(NCCc1nc(C(F)(F)F)cs1)N1CC2C3CCC(O3)C2C1. The lowest BCUT2D eigenvalue weighted by molar-refractivity contribution is -0.140. The van der Waals surface area contributed by atoms with Gasteiger partial charge in [0, 0.05) is 50.3 Å². The van der Waals surface area contributed by atoms with Gasteiger partial charge in [-0.2, -0.15) is 13.2 Å². The van der Waals surface area contributed by atoms with Gasteiger partial charge in [-0.1, -0.05) is 0 Å². The van der Waals surface area contributed by atoms with Crippen molar-refractivity contribution in [1.82, 2.24) is 15.2 Å². The average Bonchev–Trinajstić information content (AvgIpc) is 3.31. The van der Waals surface area contributed by atoms with Crippen molar-refractivity contribution in [3.05, 3.63) is 16.1 Å². The minimum absolute atomic E-state index is 0.397. The van der Waals surface area contributed by atoms with Crippen molar-refractivity contribution in [2.45, 2.75) is 37.6 Å². The molecular weight excluding hydrogens is 353 g/mol. The molecule has 0 saturated carbocycles. The summed E-state index contributed by atoms with van der Waals surface area (Å²) in [5.74, 6) is 2.00. The predicted molar refractivity (Wildman–Crippen MR) is 88.6 cm³/mol. The summed E-state index contributed by atoms with van der Waals surface area (Å²) in [6.45, 7) is 2.41. The number of thiazole rings is 1. The topological polar surface area (TPSA) is 49.8 Å². The molecule has 0 aromatic carbocycles. The van der Waals surface area contributed by atoms with Crippen LogP contribution in [-0.2, 0) is 17.3 Å². The Morgan fingerprint density at radius 3 is 2.60 bits per heavy atom. The van der Waals surface area contributed by atoms with Crippen molar-refractivity contribution in [3.63, 3.8) is 0 Å². The summed E-state index contributed by atoms with van der Waals surface area (Å²) in [6.07, 6.45) is -0.792. The number of fused-ring (bicyclic) bond motifs is 5. The molecule has 4 rings (SSSR count). The number of hydrogen-bond donors (Lipinski definition) is 1. The maximum atomic E-state index is 12.6. The molecule has 3 saturated heterocycles. The Hall–Kier alpha value is -1.35. The van der Waals surface area contributed by atoms with E-state index in [1.165, 1.54) is 0 Å². The first kappa shape index (κ1) is 17.1. The minimum atomic E-state index is -4.37. The molecule has 0 aliphatic carbocycles. The summed E-state index contributed by atoms with van der Waals surface area (Å²) in [7, 11) is 1.74. The molecule has 2 bridgehead atoms. The smallest absolute Gasteiger partial charge is 0.374 e.